The van der Waals surface area contributed by atoms with Gasteiger partial charge in [-0.15, -0.1) is 10.2 Å². The lowest BCUT2D eigenvalue weighted by Crippen LogP contribution is -2.36. The van der Waals surface area contributed by atoms with E-state index in [2.05, 4.69) is 10.2 Å². The van der Waals surface area contributed by atoms with Gasteiger partial charge in [-0.25, -0.2) is 0 Å². The van der Waals surface area contributed by atoms with Gasteiger partial charge in [0.25, 0.3) is 5.91 Å². The summed E-state index contributed by atoms with van der Waals surface area (Å²) in [6.07, 6.45) is 3.95. The smallest absolute Gasteiger partial charge is 0.253 e. The van der Waals surface area contributed by atoms with E-state index in [-0.39, 0.29) is 17.7 Å². The number of aromatic nitrogens is 3. The van der Waals surface area contributed by atoms with Gasteiger partial charge in [0.2, 0.25) is 0 Å². The molecule has 0 saturated heterocycles. The van der Waals surface area contributed by atoms with E-state index in [1.54, 1.807) is 53.4 Å². The average molecular weight is 336 g/mol. The Kier molecular flexibility index (Phi) is 4.79. The maximum atomic E-state index is 12.7. The zero-order valence-corrected chi connectivity index (χ0v) is 14.2. The molecule has 0 spiro atoms. The van der Waals surface area contributed by atoms with Crippen LogP contribution in [0.4, 0.5) is 0 Å². The summed E-state index contributed by atoms with van der Waals surface area (Å²) in [5.74, 6) is 0.218. The summed E-state index contributed by atoms with van der Waals surface area (Å²) in [6, 6.07) is 14.5. The van der Waals surface area contributed by atoms with Crippen molar-refractivity contribution >= 4 is 5.91 Å². The predicted molar refractivity (Wildman–Crippen MR) is 94.7 cm³/mol. The van der Waals surface area contributed by atoms with Crippen molar-refractivity contribution in [3.8, 4) is 11.4 Å². The minimum absolute atomic E-state index is 0.0263. The molecular weight excluding hydrogens is 316 g/mol. The molecule has 128 valence electrons. The molecule has 0 aliphatic heterocycles. The Labute approximate surface area is 146 Å². The fourth-order valence-corrected chi connectivity index (χ4v) is 2.62. The molecule has 0 bridgehead atoms. The lowest BCUT2D eigenvalue weighted by Gasteiger charge is -2.25. The number of hydrogen-bond donors (Lipinski definition) is 1. The van der Waals surface area contributed by atoms with Gasteiger partial charge in [0.05, 0.1) is 0 Å². The standard InChI is InChI=1S/C19H20N4O2/c1-14(11-15-3-9-18(24)10-4-15)22(2)19(25)16-5-7-17(8-6-16)23-12-20-21-13-23/h3-10,12-14,24H,11H2,1-2H3/t14-/m0/s1. The van der Waals surface area contributed by atoms with Crippen LogP contribution < -0.4 is 0 Å². The number of carbonyl (C=O) groups is 1. The number of phenols is 1. The van der Waals surface area contributed by atoms with Crippen LogP contribution in [0.5, 0.6) is 5.75 Å². The Morgan fingerprint density at radius 1 is 1.08 bits per heavy atom. The quantitative estimate of drug-likeness (QED) is 0.777. The van der Waals surface area contributed by atoms with Gasteiger partial charge in [0.15, 0.2) is 0 Å². The van der Waals surface area contributed by atoms with E-state index in [9.17, 15) is 9.90 Å². The van der Waals surface area contributed by atoms with Crippen molar-refractivity contribution in [1.29, 1.82) is 0 Å². The molecule has 0 saturated carbocycles. The second kappa shape index (κ2) is 7.17. The van der Waals surface area contributed by atoms with Gasteiger partial charge in [0, 0.05) is 24.3 Å². The predicted octanol–water partition coefficient (Wildman–Crippen LogP) is 2.68. The largest absolute Gasteiger partial charge is 0.508 e. The first-order valence-corrected chi connectivity index (χ1v) is 8.05. The van der Waals surface area contributed by atoms with E-state index in [1.165, 1.54) is 0 Å². The Morgan fingerprint density at radius 2 is 1.68 bits per heavy atom. The highest BCUT2D eigenvalue weighted by Gasteiger charge is 2.18. The summed E-state index contributed by atoms with van der Waals surface area (Å²) in [5.41, 5.74) is 2.62. The fourth-order valence-electron chi connectivity index (χ4n) is 2.62. The molecule has 3 rings (SSSR count). The Balaban J connectivity index is 1.67. The van der Waals surface area contributed by atoms with E-state index < -0.39 is 0 Å². The normalized spacial score (nSPS) is 11.9. The monoisotopic (exact) mass is 336 g/mol. The van der Waals surface area contributed by atoms with Crippen LogP contribution in [0.1, 0.15) is 22.8 Å². The fraction of sp³-hybridized carbons (Fsp3) is 0.211. The van der Waals surface area contributed by atoms with E-state index in [4.69, 9.17) is 0 Å². The second-order valence-corrected chi connectivity index (χ2v) is 6.05. The molecular formula is C19H20N4O2. The summed E-state index contributed by atoms with van der Waals surface area (Å²) in [5, 5.41) is 16.9. The minimum atomic E-state index is -0.0263. The minimum Gasteiger partial charge on any atom is -0.508 e. The zero-order chi connectivity index (χ0) is 17.8. The molecule has 0 aliphatic carbocycles. The number of aromatic hydroxyl groups is 1. The molecule has 2 aromatic carbocycles. The number of phenolic OH excluding ortho intramolecular Hbond substituents is 1. The van der Waals surface area contributed by atoms with Crippen LogP contribution in [0.25, 0.3) is 5.69 Å². The third-order valence-corrected chi connectivity index (χ3v) is 4.28. The number of hydrogen-bond acceptors (Lipinski definition) is 4. The van der Waals surface area contributed by atoms with Crippen molar-refractivity contribution in [2.24, 2.45) is 0 Å². The van der Waals surface area contributed by atoms with Crippen molar-refractivity contribution in [2.75, 3.05) is 7.05 Å². The van der Waals surface area contributed by atoms with Crippen LogP contribution >= 0.6 is 0 Å². The molecule has 0 unspecified atom stereocenters. The van der Waals surface area contributed by atoms with Crippen LogP contribution in [-0.4, -0.2) is 43.8 Å². The number of nitrogens with zero attached hydrogens (tertiary/aromatic N) is 4. The van der Waals surface area contributed by atoms with Crippen molar-refractivity contribution in [3.05, 3.63) is 72.3 Å². The highest BCUT2D eigenvalue weighted by Crippen LogP contribution is 2.15. The number of amides is 1. The van der Waals surface area contributed by atoms with Crippen molar-refractivity contribution < 1.29 is 9.90 Å². The Morgan fingerprint density at radius 3 is 2.28 bits per heavy atom. The topological polar surface area (TPSA) is 71.2 Å². The summed E-state index contributed by atoms with van der Waals surface area (Å²) in [7, 11) is 1.81. The molecule has 1 amide bonds. The van der Waals surface area contributed by atoms with Gasteiger partial charge < -0.3 is 10.0 Å². The molecule has 1 atom stereocenters. The molecule has 3 aromatic rings. The van der Waals surface area contributed by atoms with Gasteiger partial charge in [-0.3, -0.25) is 9.36 Å². The van der Waals surface area contributed by atoms with Crippen LogP contribution in [0.15, 0.2) is 61.2 Å². The van der Waals surface area contributed by atoms with Crippen LogP contribution in [0.3, 0.4) is 0 Å². The molecule has 6 nitrogen and oxygen atoms in total. The van der Waals surface area contributed by atoms with E-state index in [0.29, 0.717) is 5.56 Å². The Hall–Kier alpha value is -3.15. The van der Waals surface area contributed by atoms with Gasteiger partial charge >= 0.3 is 0 Å². The number of benzene rings is 2. The van der Waals surface area contributed by atoms with Crippen LogP contribution in [-0.2, 0) is 6.42 Å². The summed E-state index contributed by atoms with van der Waals surface area (Å²) in [4.78, 5) is 14.4. The number of carbonyl (C=O) groups excluding carboxylic acids is 1. The first-order valence-electron chi connectivity index (χ1n) is 8.05. The lowest BCUT2D eigenvalue weighted by atomic mass is 10.1. The van der Waals surface area contributed by atoms with Crippen molar-refractivity contribution in [2.45, 2.75) is 19.4 Å². The second-order valence-electron chi connectivity index (χ2n) is 6.05. The maximum absolute atomic E-state index is 12.7. The molecule has 25 heavy (non-hydrogen) atoms. The first kappa shape index (κ1) is 16.7. The summed E-state index contributed by atoms with van der Waals surface area (Å²) < 4.78 is 1.78. The average Bonchev–Trinajstić information content (AvgIpc) is 3.17. The Bertz CT molecular complexity index is 827. The van der Waals surface area contributed by atoms with Gasteiger partial charge in [-0.1, -0.05) is 12.1 Å². The number of rotatable bonds is 5. The first-order chi connectivity index (χ1) is 12.0. The highest BCUT2D eigenvalue weighted by atomic mass is 16.3. The lowest BCUT2D eigenvalue weighted by molar-refractivity contribution is 0.0743. The van der Waals surface area contributed by atoms with Gasteiger partial charge in [-0.2, -0.15) is 0 Å². The van der Waals surface area contributed by atoms with Crippen LogP contribution in [0, 0.1) is 0 Å². The zero-order valence-electron chi connectivity index (χ0n) is 14.2. The third-order valence-electron chi connectivity index (χ3n) is 4.28. The molecule has 1 heterocycles. The highest BCUT2D eigenvalue weighted by molar-refractivity contribution is 5.94. The SMILES string of the molecule is C[C@@H](Cc1ccc(O)cc1)N(C)C(=O)c1ccc(-n2cnnc2)cc1. The molecule has 1 aromatic heterocycles. The molecule has 0 radical (unpaired) electrons. The molecule has 1 N–H and O–H groups in total. The van der Waals surface area contributed by atoms with E-state index >= 15 is 0 Å². The van der Waals surface area contributed by atoms with Crippen molar-refractivity contribution in [1.82, 2.24) is 19.7 Å². The molecule has 0 fully saturated rings. The summed E-state index contributed by atoms with van der Waals surface area (Å²) in [6.45, 7) is 2.01. The molecule has 0 aliphatic rings. The van der Waals surface area contributed by atoms with Gasteiger partial charge in [0.1, 0.15) is 18.4 Å². The maximum Gasteiger partial charge on any atom is 0.253 e. The third kappa shape index (κ3) is 3.85. The summed E-state index contributed by atoms with van der Waals surface area (Å²) >= 11 is 0. The van der Waals surface area contributed by atoms with Crippen molar-refractivity contribution in [3.63, 3.8) is 0 Å². The number of likely N-dealkylation sites (N-methyl/N-ethyl adjacent to an activating group) is 1. The van der Waals surface area contributed by atoms with Crippen LogP contribution in [0.2, 0.25) is 0 Å². The van der Waals surface area contributed by atoms with E-state index in [0.717, 1.165) is 17.7 Å². The van der Waals surface area contributed by atoms with E-state index in [1.807, 2.05) is 31.2 Å². The van der Waals surface area contributed by atoms with Gasteiger partial charge in [-0.05, 0) is 55.3 Å². The molecule has 6 heteroatoms.